The van der Waals surface area contributed by atoms with E-state index in [2.05, 4.69) is 5.10 Å². The van der Waals surface area contributed by atoms with Gasteiger partial charge >= 0.3 is 5.69 Å². The second kappa shape index (κ2) is 5.07. The van der Waals surface area contributed by atoms with Crippen LogP contribution >= 0.6 is 0 Å². The molecule has 0 aliphatic heterocycles. The Morgan fingerprint density at radius 2 is 2.26 bits per heavy atom. The van der Waals surface area contributed by atoms with E-state index < -0.39 is 4.92 Å². The second-order valence-corrected chi connectivity index (χ2v) is 4.03. The van der Waals surface area contributed by atoms with Gasteiger partial charge < -0.3 is 9.84 Å². The average molecular weight is 263 g/mol. The minimum Gasteiger partial charge on any atom is -0.434 e. The van der Waals surface area contributed by atoms with Crippen molar-refractivity contribution in [1.82, 2.24) is 9.78 Å². The third-order valence-electron chi connectivity index (χ3n) is 2.62. The number of benzene rings is 1. The summed E-state index contributed by atoms with van der Waals surface area (Å²) in [4.78, 5) is 10.5. The van der Waals surface area contributed by atoms with E-state index >= 15 is 0 Å². The monoisotopic (exact) mass is 263 g/mol. The molecule has 0 spiro atoms. The highest BCUT2D eigenvalue weighted by molar-refractivity contribution is 5.47. The molecule has 7 nitrogen and oxygen atoms in total. The zero-order valence-corrected chi connectivity index (χ0v) is 10.5. The number of rotatable bonds is 4. The summed E-state index contributed by atoms with van der Waals surface area (Å²) in [5.41, 5.74) is 0.803. The fraction of sp³-hybridized carbons (Fsp3) is 0.250. The van der Waals surface area contributed by atoms with Gasteiger partial charge in [0.2, 0.25) is 0 Å². The van der Waals surface area contributed by atoms with E-state index in [1.54, 1.807) is 38.2 Å². The highest BCUT2D eigenvalue weighted by Crippen LogP contribution is 2.33. The highest BCUT2D eigenvalue weighted by atomic mass is 16.6. The number of aliphatic hydroxyl groups excluding tert-OH is 1. The SMILES string of the molecule is Cc1nn(C)c(Oc2cccc(CO)c2)c1[N+](=O)[O-]. The Hall–Kier alpha value is -2.41. The summed E-state index contributed by atoms with van der Waals surface area (Å²) in [5, 5.41) is 24.0. The van der Waals surface area contributed by atoms with E-state index in [-0.39, 0.29) is 18.2 Å². The molecule has 1 aromatic carbocycles. The minimum absolute atomic E-state index is 0.0672. The molecular weight excluding hydrogens is 250 g/mol. The number of hydrogen-bond donors (Lipinski definition) is 1. The second-order valence-electron chi connectivity index (χ2n) is 4.03. The van der Waals surface area contributed by atoms with Gasteiger partial charge in [-0.1, -0.05) is 12.1 Å². The average Bonchev–Trinajstić information content (AvgIpc) is 2.64. The lowest BCUT2D eigenvalue weighted by molar-refractivity contribution is -0.386. The smallest absolute Gasteiger partial charge is 0.353 e. The molecule has 0 bridgehead atoms. The van der Waals surface area contributed by atoms with Crippen LogP contribution < -0.4 is 4.74 Å². The number of aryl methyl sites for hydroxylation is 2. The predicted octanol–water partition coefficient (Wildman–Crippen LogP) is 1.92. The largest absolute Gasteiger partial charge is 0.434 e. The normalized spacial score (nSPS) is 10.5. The van der Waals surface area contributed by atoms with Gasteiger partial charge in [0.15, 0.2) is 0 Å². The highest BCUT2D eigenvalue weighted by Gasteiger charge is 2.26. The van der Waals surface area contributed by atoms with Crippen LogP contribution in [0.5, 0.6) is 11.6 Å². The molecule has 0 radical (unpaired) electrons. The van der Waals surface area contributed by atoms with Gasteiger partial charge in [0.25, 0.3) is 5.88 Å². The number of aliphatic hydroxyl groups is 1. The summed E-state index contributed by atoms with van der Waals surface area (Å²) >= 11 is 0. The van der Waals surface area contributed by atoms with E-state index in [4.69, 9.17) is 9.84 Å². The van der Waals surface area contributed by atoms with Gasteiger partial charge in [0.1, 0.15) is 11.4 Å². The molecule has 2 aromatic rings. The topological polar surface area (TPSA) is 90.4 Å². The first-order valence-corrected chi connectivity index (χ1v) is 5.58. The maximum atomic E-state index is 11.0. The van der Waals surface area contributed by atoms with Crippen LogP contribution in [0.2, 0.25) is 0 Å². The first kappa shape index (κ1) is 13.0. The summed E-state index contributed by atoms with van der Waals surface area (Å²) in [6.45, 7) is 1.43. The van der Waals surface area contributed by atoms with E-state index in [1.165, 1.54) is 4.68 Å². The standard InChI is InChI=1S/C12H13N3O4/c1-8-11(15(17)18)12(14(2)13-8)19-10-5-3-4-9(6-10)7-16/h3-6,16H,7H2,1-2H3. The van der Waals surface area contributed by atoms with Crippen LogP contribution in [0.4, 0.5) is 5.69 Å². The summed E-state index contributed by atoms with van der Waals surface area (Å²) in [7, 11) is 1.57. The van der Waals surface area contributed by atoms with Gasteiger partial charge in [-0.05, 0) is 24.6 Å². The quantitative estimate of drug-likeness (QED) is 0.672. The Bertz CT molecular complexity index is 621. The lowest BCUT2D eigenvalue weighted by Gasteiger charge is -2.06. The summed E-state index contributed by atoms with van der Waals surface area (Å²) < 4.78 is 6.83. The molecular formula is C12H13N3O4. The first-order chi connectivity index (χ1) is 9.02. The van der Waals surface area contributed by atoms with Gasteiger partial charge in [-0.15, -0.1) is 0 Å². The lowest BCUT2D eigenvalue weighted by atomic mass is 10.2. The van der Waals surface area contributed by atoms with Gasteiger partial charge in [0.05, 0.1) is 11.5 Å². The molecule has 0 fully saturated rings. The van der Waals surface area contributed by atoms with Crippen molar-refractivity contribution in [2.75, 3.05) is 0 Å². The Morgan fingerprint density at radius 1 is 1.53 bits per heavy atom. The van der Waals surface area contributed by atoms with Crippen LogP contribution in [0.15, 0.2) is 24.3 Å². The van der Waals surface area contributed by atoms with Gasteiger partial charge in [0, 0.05) is 7.05 Å². The molecule has 0 amide bonds. The van der Waals surface area contributed by atoms with Crippen molar-refractivity contribution < 1.29 is 14.8 Å². The molecule has 0 saturated heterocycles. The molecule has 7 heteroatoms. The minimum atomic E-state index is -0.520. The molecule has 0 aliphatic carbocycles. The molecule has 19 heavy (non-hydrogen) atoms. The molecule has 1 aromatic heterocycles. The van der Waals surface area contributed by atoms with Crippen LogP contribution in [-0.2, 0) is 13.7 Å². The molecule has 0 saturated carbocycles. The Labute approximate surface area is 109 Å². The third kappa shape index (κ3) is 2.55. The van der Waals surface area contributed by atoms with Crippen LogP contribution in [0.3, 0.4) is 0 Å². The number of nitro groups is 1. The molecule has 1 N–H and O–H groups in total. The zero-order chi connectivity index (χ0) is 14.0. The van der Waals surface area contributed by atoms with Gasteiger partial charge in [-0.3, -0.25) is 10.1 Å². The van der Waals surface area contributed by atoms with E-state index in [9.17, 15) is 10.1 Å². The molecule has 0 atom stereocenters. The Morgan fingerprint density at radius 3 is 2.89 bits per heavy atom. The maximum Gasteiger partial charge on any atom is 0.353 e. The lowest BCUT2D eigenvalue weighted by Crippen LogP contribution is -1.98. The summed E-state index contributed by atoms with van der Waals surface area (Å²) in [6, 6.07) is 6.71. The van der Waals surface area contributed by atoms with Crippen molar-refractivity contribution in [3.8, 4) is 11.6 Å². The van der Waals surface area contributed by atoms with Crippen molar-refractivity contribution in [3.05, 3.63) is 45.6 Å². The van der Waals surface area contributed by atoms with E-state index in [0.717, 1.165) is 0 Å². The molecule has 0 aliphatic rings. The number of aromatic nitrogens is 2. The molecule has 100 valence electrons. The van der Waals surface area contributed by atoms with Crippen LogP contribution in [0.25, 0.3) is 0 Å². The van der Waals surface area contributed by atoms with Crippen LogP contribution in [0, 0.1) is 17.0 Å². The number of hydrogen-bond acceptors (Lipinski definition) is 5. The van der Waals surface area contributed by atoms with Gasteiger partial charge in [-0.25, -0.2) is 4.68 Å². The fourth-order valence-corrected chi connectivity index (χ4v) is 1.77. The Balaban J connectivity index is 2.40. The van der Waals surface area contributed by atoms with Crippen molar-refractivity contribution in [3.63, 3.8) is 0 Å². The van der Waals surface area contributed by atoms with Gasteiger partial charge in [-0.2, -0.15) is 5.10 Å². The van der Waals surface area contributed by atoms with Crippen molar-refractivity contribution >= 4 is 5.69 Å². The maximum absolute atomic E-state index is 11.0. The number of nitrogens with zero attached hydrogens (tertiary/aromatic N) is 3. The van der Waals surface area contributed by atoms with Crippen molar-refractivity contribution in [2.24, 2.45) is 7.05 Å². The third-order valence-corrected chi connectivity index (χ3v) is 2.62. The number of ether oxygens (including phenoxy) is 1. The predicted molar refractivity (Wildman–Crippen MR) is 67.0 cm³/mol. The van der Waals surface area contributed by atoms with Crippen molar-refractivity contribution in [2.45, 2.75) is 13.5 Å². The molecule has 0 unspecified atom stereocenters. The zero-order valence-electron chi connectivity index (χ0n) is 10.5. The first-order valence-electron chi connectivity index (χ1n) is 5.58. The summed E-state index contributed by atoms with van der Waals surface area (Å²) in [6.07, 6.45) is 0. The van der Waals surface area contributed by atoms with Crippen LogP contribution in [-0.4, -0.2) is 19.8 Å². The Kier molecular flexibility index (Phi) is 3.48. The fourth-order valence-electron chi connectivity index (χ4n) is 1.77. The van der Waals surface area contributed by atoms with E-state index in [0.29, 0.717) is 17.0 Å². The summed E-state index contributed by atoms with van der Waals surface area (Å²) in [5.74, 6) is 0.482. The van der Waals surface area contributed by atoms with E-state index in [1.807, 2.05) is 0 Å². The molecule has 1 heterocycles. The van der Waals surface area contributed by atoms with Crippen molar-refractivity contribution in [1.29, 1.82) is 0 Å². The van der Waals surface area contributed by atoms with Crippen LogP contribution in [0.1, 0.15) is 11.3 Å². The molecule has 2 rings (SSSR count).